The highest BCUT2D eigenvalue weighted by atomic mass is 16.7. The highest BCUT2D eigenvalue weighted by Crippen LogP contribution is 2.28. The van der Waals surface area contributed by atoms with Crippen LogP contribution in [0.2, 0.25) is 0 Å². The van der Waals surface area contributed by atoms with Crippen LogP contribution in [0.4, 0.5) is 0 Å². The first kappa shape index (κ1) is 14.6. The van der Waals surface area contributed by atoms with Crippen molar-refractivity contribution in [1.29, 1.82) is 0 Å². The molecular formula is C14H19N3O3. The van der Waals surface area contributed by atoms with Gasteiger partial charge in [0.05, 0.1) is 12.2 Å². The van der Waals surface area contributed by atoms with Crippen molar-refractivity contribution in [1.82, 2.24) is 15.0 Å². The molecule has 1 aromatic heterocycles. The molecule has 2 aromatic rings. The summed E-state index contributed by atoms with van der Waals surface area (Å²) < 4.78 is 12.4. The van der Waals surface area contributed by atoms with Gasteiger partial charge in [-0.1, -0.05) is 35.5 Å². The third-order valence-electron chi connectivity index (χ3n) is 3.48. The number of aromatic nitrogens is 3. The minimum absolute atomic E-state index is 0.0510. The van der Waals surface area contributed by atoms with Crippen molar-refractivity contribution in [3.8, 4) is 0 Å². The number of aliphatic hydroxyl groups excluding tert-OH is 1. The van der Waals surface area contributed by atoms with Gasteiger partial charge in [0.1, 0.15) is 12.3 Å². The van der Waals surface area contributed by atoms with Gasteiger partial charge in [0.15, 0.2) is 0 Å². The van der Waals surface area contributed by atoms with Crippen molar-refractivity contribution >= 4 is 0 Å². The van der Waals surface area contributed by atoms with Crippen LogP contribution in [0.5, 0.6) is 0 Å². The summed E-state index contributed by atoms with van der Waals surface area (Å²) in [7, 11) is 2.95. The van der Waals surface area contributed by atoms with Crippen molar-refractivity contribution < 1.29 is 14.6 Å². The lowest BCUT2D eigenvalue weighted by molar-refractivity contribution is -0.240. The van der Waals surface area contributed by atoms with Gasteiger partial charge < -0.3 is 14.6 Å². The lowest BCUT2D eigenvalue weighted by Gasteiger charge is -2.30. The van der Waals surface area contributed by atoms with E-state index in [0.29, 0.717) is 5.69 Å². The molecule has 20 heavy (non-hydrogen) atoms. The maximum absolute atomic E-state index is 9.61. The lowest BCUT2D eigenvalue weighted by atomic mass is 10.1. The molecule has 0 aliphatic carbocycles. The Morgan fingerprint density at radius 1 is 1.25 bits per heavy atom. The molecule has 0 amide bonds. The van der Waals surface area contributed by atoms with Crippen molar-refractivity contribution in [2.45, 2.75) is 18.8 Å². The van der Waals surface area contributed by atoms with Gasteiger partial charge in [0.25, 0.3) is 0 Å². The van der Waals surface area contributed by atoms with E-state index >= 15 is 0 Å². The van der Waals surface area contributed by atoms with Crippen LogP contribution < -0.4 is 0 Å². The van der Waals surface area contributed by atoms with Crippen molar-refractivity contribution in [2.75, 3.05) is 20.8 Å². The zero-order valence-electron chi connectivity index (χ0n) is 11.9. The molecular weight excluding hydrogens is 258 g/mol. The average molecular weight is 277 g/mol. The van der Waals surface area contributed by atoms with Gasteiger partial charge in [-0.2, -0.15) is 0 Å². The quantitative estimate of drug-likeness (QED) is 0.807. The van der Waals surface area contributed by atoms with Gasteiger partial charge in [-0.25, -0.2) is 4.68 Å². The largest absolute Gasteiger partial charge is 0.390 e. The zero-order chi connectivity index (χ0) is 14.6. The zero-order valence-corrected chi connectivity index (χ0v) is 11.9. The van der Waals surface area contributed by atoms with Gasteiger partial charge in [0, 0.05) is 14.2 Å². The van der Waals surface area contributed by atoms with E-state index in [1.54, 1.807) is 10.9 Å². The lowest BCUT2D eigenvalue weighted by Crippen LogP contribution is -2.38. The van der Waals surface area contributed by atoms with E-state index in [-0.39, 0.29) is 12.6 Å². The Labute approximate surface area is 117 Å². The number of methoxy groups -OCH3 is 2. The van der Waals surface area contributed by atoms with Gasteiger partial charge in [-0.05, 0) is 12.5 Å². The summed E-state index contributed by atoms with van der Waals surface area (Å²) in [6.07, 6.45) is 1.54. The molecule has 0 saturated carbocycles. The van der Waals surface area contributed by atoms with E-state index in [1.165, 1.54) is 14.2 Å². The Balaban J connectivity index is 2.43. The number of ether oxygens (including phenoxy) is 2. The van der Waals surface area contributed by atoms with E-state index in [9.17, 15) is 5.11 Å². The predicted octanol–water partition coefficient (Wildman–Crippen LogP) is 1.33. The van der Waals surface area contributed by atoms with E-state index in [2.05, 4.69) is 10.3 Å². The average Bonchev–Trinajstić information content (AvgIpc) is 3.00. The van der Waals surface area contributed by atoms with Gasteiger partial charge in [-0.3, -0.25) is 0 Å². The van der Waals surface area contributed by atoms with Crippen molar-refractivity contribution in [2.24, 2.45) is 0 Å². The molecule has 0 unspecified atom stereocenters. The maximum Gasteiger partial charge on any atom is 0.237 e. The molecule has 0 aliphatic rings. The number of hydrogen-bond donors (Lipinski definition) is 1. The van der Waals surface area contributed by atoms with Crippen LogP contribution in [0, 0.1) is 0 Å². The van der Waals surface area contributed by atoms with Gasteiger partial charge >= 0.3 is 0 Å². The highest BCUT2D eigenvalue weighted by Gasteiger charge is 2.36. The highest BCUT2D eigenvalue weighted by molar-refractivity contribution is 5.20. The molecule has 0 saturated heterocycles. The number of nitrogens with zero attached hydrogens (tertiary/aromatic N) is 3. The van der Waals surface area contributed by atoms with Crippen LogP contribution in [-0.4, -0.2) is 40.9 Å². The van der Waals surface area contributed by atoms with Crippen LogP contribution in [0.25, 0.3) is 0 Å². The van der Waals surface area contributed by atoms with Crippen LogP contribution in [0.15, 0.2) is 36.5 Å². The summed E-state index contributed by atoms with van der Waals surface area (Å²) in [4.78, 5) is 0. The first-order valence-corrected chi connectivity index (χ1v) is 6.35. The van der Waals surface area contributed by atoms with Gasteiger partial charge in [0.2, 0.25) is 5.79 Å². The van der Waals surface area contributed by atoms with Crippen LogP contribution in [0.3, 0.4) is 0 Å². The summed E-state index contributed by atoms with van der Waals surface area (Å²) in [5.74, 6) is -1.26. The predicted molar refractivity (Wildman–Crippen MR) is 73.1 cm³/mol. The molecule has 0 bridgehead atoms. The van der Waals surface area contributed by atoms with Crippen molar-refractivity contribution in [3.63, 3.8) is 0 Å². The smallest absolute Gasteiger partial charge is 0.237 e. The summed E-state index contributed by atoms with van der Waals surface area (Å²) in [5, 5.41) is 17.6. The molecule has 0 aliphatic heterocycles. The fourth-order valence-corrected chi connectivity index (χ4v) is 2.18. The normalized spacial score (nSPS) is 13.4. The molecule has 0 radical (unpaired) electrons. The summed E-state index contributed by atoms with van der Waals surface area (Å²) >= 11 is 0. The Morgan fingerprint density at radius 3 is 2.45 bits per heavy atom. The summed E-state index contributed by atoms with van der Waals surface area (Å²) in [6, 6.07) is 9.86. The molecule has 0 spiro atoms. The number of benzene rings is 1. The molecule has 1 N–H and O–H groups in total. The monoisotopic (exact) mass is 277 g/mol. The third kappa shape index (κ3) is 2.45. The number of aliphatic hydroxyl groups is 1. The Morgan fingerprint density at radius 2 is 1.90 bits per heavy atom. The van der Waals surface area contributed by atoms with Gasteiger partial charge in [-0.15, -0.1) is 5.10 Å². The SMILES string of the molecule is COC(CO)(OC)c1cnnn1[C@H](C)c1ccccc1. The fourth-order valence-electron chi connectivity index (χ4n) is 2.18. The second-order valence-electron chi connectivity index (χ2n) is 4.47. The molecule has 1 aromatic carbocycles. The second-order valence-corrected chi connectivity index (χ2v) is 4.47. The topological polar surface area (TPSA) is 69.4 Å². The van der Waals surface area contributed by atoms with E-state index in [4.69, 9.17) is 9.47 Å². The number of hydrogen-bond acceptors (Lipinski definition) is 5. The molecule has 1 atom stereocenters. The van der Waals surface area contributed by atoms with Crippen molar-refractivity contribution in [3.05, 3.63) is 47.8 Å². The molecule has 6 nitrogen and oxygen atoms in total. The molecule has 0 fully saturated rings. The van der Waals surface area contributed by atoms with Crippen LogP contribution >= 0.6 is 0 Å². The summed E-state index contributed by atoms with van der Waals surface area (Å²) in [5.41, 5.74) is 1.65. The van der Waals surface area contributed by atoms with Crippen LogP contribution in [0.1, 0.15) is 24.2 Å². The molecule has 1 heterocycles. The van der Waals surface area contributed by atoms with E-state index in [0.717, 1.165) is 5.56 Å². The molecule has 108 valence electrons. The van der Waals surface area contributed by atoms with Crippen LogP contribution in [-0.2, 0) is 15.3 Å². The fraction of sp³-hybridized carbons (Fsp3) is 0.429. The van der Waals surface area contributed by atoms with E-state index in [1.807, 2.05) is 37.3 Å². The third-order valence-corrected chi connectivity index (χ3v) is 3.48. The minimum atomic E-state index is -1.26. The number of rotatable bonds is 6. The Bertz CT molecular complexity index is 529. The second kappa shape index (κ2) is 6.13. The summed E-state index contributed by atoms with van der Waals surface area (Å²) in [6.45, 7) is 1.68. The first-order chi connectivity index (χ1) is 9.68. The maximum atomic E-state index is 9.61. The minimum Gasteiger partial charge on any atom is -0.390 e. The first-order valence-electron chi connectivity index (χ1n) is 6.35. The standard InChI is InChI=1S/C14H19N3O3/c1-11(12-7-5-4-6-8-12)17-13(9-15-16-17)14(10-18,19-2)20-3/h4-9,11,18H,10H2,1-3H3/t11-/m1/s1. The Hall–Kier alpha value is -1.76. The molecule has 6 heteroatoms. The Kier molecular flexibility index (Phi) is 4.49. The molecule has 2 rings (SSSR count). The van der Waals surface area contributed by atoms with E-state index < -0.39 is 5.79 Å².